The highest BCUT2D eigenvalue weighted by molar-refractivity contribution is 6.30. The van der Waals surface area contributed by atoms with E-state index in [0.29, 0.717) is 5.02 Å². The van der Waals surface area contributed by atoms with Gasteiger partial charge in [-0.25, -0.2) is 4.98 Å². The molecule has 2 N–H and O–H groups in total. The van der Waals surface area contributed by atoms with Crippen molar-refractivity contribution in [2.75, 3.05) is 0 Å². The van der Waals surface area contributed by atoms with Crippen molar-refractivity contribution in [1.29, 1.82) is 0 Å². The number of rotatable bonds is 4. The average molecular weight is 469 g/mol. The molecule has 5 aromatic rings. The van der Waals surface area contributed by atoms with Crippen molar-refractivity contribution in [1.82, 2.24) is 14.1 Å². The van der Waals surface area contributed by atoms with Crippen LogP contribution >= 0.6 is 11.6 Å². The maximum Gasteiger partial charge on any atom is 0.251 e. The summed E-state index contributed by atoms with van der Waals surface area (Å²) in [4.78, 5) is 17.2. The fourth-order valence-electron chi connectivity index (χ4n) is 4.72. The van der Waals surface area contributed by atoms with Gasteiger partial charge in [0.25, 0.3) is 5.56 Å². The summed E-state index contributed by atoms with van der Waals surface area (Å²) < 4.78 is 3.60. The molecule has 0 saturated carbocycles. The van der Waals surface area contributed by atoms with Crippen LogP contribution in [0.15, 0.2) is 90.1 Å². The minimum atomic E-state index is -0.984. The number of imidazole rings is 1. The van der Waals surface area contributed by atoms with Gasteiger partial charge < -0.3 is 14.9 Å². The van der Waals surface area contributed by atoms with Crippen molar-refractivity contribution in [3.63, 3.8) is 0 Å². The molecule has 3 aromatic carbocycles. The van der Waals surface area contributed by atoms with Crippen molar-refractivity contribution in [2.45, 2.75) is 12.5 Å². The fraction of sp³-hybridized carbons (Fsp3) is 0.143. The lowest BCUT2D eigenvalue weighted by molar-refractivity contribution is 0.596. The molecular formula is C28H25ClN4O. The normalized spacial score (nSPS) is 13.2. The van der Waals surface area contributed by atoms with Crippen LogP contribution in [0.5, 0.6) is 0 Å². The van der Waals surface area contributed by atoms with Crippen LogP contribution < -0.4 is 11.3 Å². The topological polar surface area (TPSA) is 65.8 Å². The molecule has 0 amide bonds. The minimum Gasteiger partial charge on any atom is -0.336 e. The Balaban J connectivity index is 1.85. The van der Waals surface area contributed by atoms with Crippen molar-refractivity contribution in [3.8, 4) is 11.1 Å². The van der Waals surface area contributed by atoms with E-state index in [1.54, 1.807) is 30.2 Å². The standard InChI is InChI=1S/C28H25ClN4O/c1-18-6-4-5-7-22(18)23-15-27(34)33(3)25-13-10-20(14-24(23)25)28(30,26-16-31-17-32(26)2)19-8-11-21(29)12-9-19/h4-17H,30H2,1-3H3/t28-/m1/s1. The third kappa shape index (κ3) is 3.45. The largest absolute Gasteiger partial charge is 0.336 e. The molecule has 0 spiro atoms. The van der Waals surface area contributed by atoms with Gasteiger partial charge in [-0.1, -0.05) is 54.1 Å². The predicted molar refractivity (Wildman–Crippen MR) is 138 cm³/mol. The Hall–Kier alpha value is -3.67. The van der Waals surface area contributed by atoms with E-state index in [2.05, 4.69) is 24.0 Å². The van der Waals surface area contributed by atoms with E-state index in [4.69, 9.17) is 17.3 Å². The molecule has 5 nitrogen and oxygen atoms in total. The summed E-state index contributed by atoms with van der Waals surface area (Å²) >= 11 is 6.19. The van der Waals surface area contributed by atoms with Gasteiger partial charge in [0, 0.05) is 30.6 Å². The predicted octanol–water partition coefficient (Wildman–Crippen LogP) is 5.15. The van der Waals surface area contributed by atoms with Crippen LogP contribution in [0.3, 0.4) is 0 Å². The second kappa shape index (κ2) is 8.28. The number of halogens is 1. The Morgan fingerprint density at radius 1 is 0.912 bits per heavy atom. The number of nitrogens with zero attached hydrogens (tertiary/aromatic N) is 3. The van der Waals surface area contributed by atoms with Gasteiger partial charge in [0.1, 0.15) is 5.54 Å². The Morgan fingerprint density at radius 3 is 2.29 bits per heavy atom. The second-order valence-corrected chi connectivity index (χ2v) is 9.14. The molecule has 0 aliphatic carbocycles. The van der Waals surface area contributed by atoms with Gasteiger partial charge in [-0.15, -0.1) is 0 Å². The molecule has 170 valence electrons. The zero-order valence-corrected chi connectivity index (χ0v) is 20.0. The van der Waals surface area contributed by atoms with Crippen molar-refractivity contribution in [2.24, 2.45) is 19.8 Å². The van der Waals surface area contributed by atoms with Crippen LogP contribution in [0, 0.1) is 6.92 Å². The summed E-state index contributed by atoms with van der Waals surface area (Å²) in [7, 11) is 3.73. The molecule has 1 atom stereocenters. The number of pyridine rings is 1. The lowest BCUT2D eigenvalue weighted by atomic mass is 9.80. The van der Waals surface area contributed by atoms with Crippen molar-refractivity contribution < 1.29 is 0 Å². The third-order valence-corrected chi connectivity index (χ3v) is 6.91. The summed E-state index contributed by atoms with van der Waals surface area (Å²) in [6.07, 6.45) is 3.54. The first-order valence-corrected chi connectivity index (χ1v) is 11.4. The lowest BCUT2D eigenvalue weighted by Gasteiger charge is -2.31. The van der Waals surface area contributed by atoms with Crippen LogP contribution in [-0.4, -0.2) is 14.1 Å². The smallest absolute Gasteiger partial charge is 0.251 e. The molecule has 0 unspecified atom stereocenters. The van der Waals surface area contributed by atoms with E-state index < -0.39 is 5.54 Å². The van der Waals surface area contributed by atoms with Crippen LogP contribution in [0.2, 0.25) is 5.02 Å². The summed E-state index contributed by atoms with van der Waals surface area (Å²) in [5.41, 5.74) is 12.7. The van der Waals surface area contributed by atoms with E-state index in [9.17, 15) is 4.79 Å². The van der Waals surface area contributed by atoms with Crippen molar-refractivity contribution >= 4 is 22.5 Å². The Kier molecular flexibility index (Phi) is 5.39. The number of aryl methyl sites for hydroxylation is 3. The SMILES string of the molecule is Cc1ccccc1-c1cc(=O)n(C)c2ccc([C@](N)(c3ccc(Cl)cc3)c3cncn3C)cc12. The molecule has 2 heterocycles. The van der Waals surface area contributed by atoms with Crippen LogP contribution in [-0.2, 0) is 19.6 Å². The molecule has 0 fully saturated rings. The number of fused-ring (bicyclic) bond motifs is 1. The van der Waals surface area contributed by atoms with E-state index in [0.717, 1.165) is 44.4 Å². The summed E-state index contributed by atoms with van der Waals surface area (Å²) in [5.74, 6) is 0. The Morgan fingerprint density at radius 2 is 1.62 bits per heavy atom. The van der Waals surface area contributed by atoms with Gasteiger partial charge in [0.2, 0.25) is 0 Å². The molecule has 5 rings (SSSR count). The van der Waals surface area contributed by atoms with Gasteiger partial charge in [-0.3, -0.25) is 4.79 Å². The Bertz CT molecular complexity index is 1580. The average Bonchev–Trinajstić information content (AvgIpc) is 3.28. The molecule has 2 aromatic heterocycles. The number of hydrogen-bond donors (Lipinski definition) is 1. The first-order valence-electron chi connectivity index (χ1n) is 11.0. The van der Waals surface area contributed by atoms with Gasteiger partial charge >= 0.3 is 0 Å². The highest BCUT2D eigenvalue weighted by Crippen LogP contribution is 2.38. The second-order valence-electron chi connectivity index (χ2n) is 8.71. The summed E-state index contributed by atoms with van der Waals surface area (Å²) in [6.45, 7) is 2.05. The molecule has 0 saturated heterocycles. The first kappa shape index (κ1) is 22.1. The molecule has 6 heteroatoms. The van der Waals surface area contributed by atoms with Crippen LogP contribution in [0.25, 0.3) is 22.0 Å². The van der Waals surface area contributed by atoms with E-state index in [1.165, 1.54) is 0 Å². The number of hydrogen-bond acceptors (Lipinski definition) is 3. The number of nitrogens with two attached hydrogens (primary N) is 1. The molecule has 34 heavy (non-hydrogen) atoms. The van der Waals surface area contributed by atoms with Crippen LogP contribution in [0.4, 0.5) is 0 Å². The number of aromatic nitrogens is 3. The lowest BCUT2D eigenvalue weighted by Crippen LogP contribution is -2.41. The number of benzene rings is 3. The monoisotopic (exact) mass is 468 g/mol. The summed E-state index contributed by atoms with van der Waals surface area (Å²) in [5, 5.41) is 1.60. The van der Waals surface area contributed by atoms with Gasteiger partial charge in [0.05, 0.1) is 23.7 Å². The van der Waals surface area contributed by atoms with E-state index in [1.807, 2.05) is 66.2 Å². The fourth-order valence-corrected chi connectivity index (χ4v) is 4.84. The maximum atomic E-state index is 12.8. The van der Waals surface area contributed by atoms with E-state index >= 15 is 0 Å². The zero-order valence-electron chi connectivity index (χ0n) is 19.3. The first-order chi connectivity index (χ1) is 16.3. The molecule has 0 bridgehead atoms. The zero-order chi connectivity index (χ0) is 24.0. The summed E-state index contributed by atoms with van der Waals surface area (Å²) in [6, 6.07) is 23.4. The molecule has 0 radical (unpaired) electrons. The van der Waals surface area contributed by atoms with Gasteiger partial charge in [-0.2, -0.15) is 0 Å². The third-order valence-electron chi connectivity index (χ3n) is 6.66. The van der Waals surface area contributed by atoms with Gasteiger partial charge in [-0.05, 0) is 59.0 Å². The maximum absolute atomic E-state index is 12.8. The highest BCUT2D eigenvalue weighted by atomic mass is 35.5. The minimum absolute atomic E-state index is 0.0538. The van der Waals surface area contributed by atoms with E-state index in [-0.39, 0.29) is 5.56 Å². The molecule has 0 aliphatic rings. The quantitative estimate of drug-likeness (QED) is 0.396. The Labute approximate surface area is 203 Å². The molecule has 0 aliphatic heterocycles. The van der Waals surface area contributed by atoms with Crippen molar-refractivity contribution in [3.05, 3.63) is 123 Å². The van der Waals surface area contributed by atoms with Crippen LogP contribution in [0.1, 0.15) is 22.4 Å². The van der Waals surface area contributed by atoms with Gasteiger partial charge in [0.15, 0.2) is 0 Å². The molecular weight excluding hydrogens is 444 g/mol. The highest BCUT2D eigenvalue weighted by Gasteiger charge is 2.35.